The number of hydrogen-bond donors (Lipinski definition) is 1. The van der Waals surface area contributed by atoms with Crippen molar-refractivity contribution in [3.63, 3.8) is 0 Å². The highest BCUT2D eigenvalue weighted by atomic mass is 19.1. The lowest BCUT2D eigenvalue weighted by molar-refractivity contribution is 0.140. The van der Waals surface area contributed by atoms with Crippen molar-refractivity contribution in [2.45, 2.75) is 39.2 Å². The van der Waals surface area contributed by atoms with Gasteiger partial charge in [0.25, 0.3) is 0 Å². The van der Waals surface area contributed by atoms with Crippen LogP contribution >= 0.6 is 0 Å². The maximum atomic E-state index is 13.6. The van der Waals surface area contributed by atoms with Gasteiger partial charge in [-0.25, -0.2) is 4.39 Å². The first-order chi connectivity index (χ1) is 8.77. The highest BCUT2D eigenvalue weighted by molar-refractivity contribution is 5.18. The number of ether oxygens (including phenoxy) is 1. The van der Waals surface area contributed by atoms with Gasteiger partial charge in [-0.05, 0) is 44.4 Å². The first-order valence-electron chi connectivity index (χ1n) is 6.82. The normalized spacial score (nSPS) is 12.6. The summed E-state index contributed by atoms with van der Waals surface area (Å²) in [5.74, 6) is -0.106. The number of likely N-dealkylation sites (N-methyl/N-ethyl adjacent to an activating group) is 1. The van der Waals surface area contributed by atoms with Crippen molar-refractivity contribution >= 4 is 0 Å². The van der Waals surface area contributed by atoms with Gasteiger partial charge in [-0.2, -0.15) is 0 Å². The van der Waals surface area contributed by atoms with E-state index >= 15 is 0 Å². The molecule has 0 bridgehead atoms. The zero-order valence-corrected chi connectivity index (χ0v) is 11.4. The Morgan fingerprint density at radius 2 is 2.06 bits per heavy atom. The van der Waals surface area contributed by atoms with E-state index in [0.717, 1.165) is 44.6 Å². The van der Waals surface area contributed by atoms with Gasteiger partial charge in [-0.1, -0.05) is 25.1 Å². The molecular formula is C15H24FNO. The molecular weight excluding hydrogens is 229 g/mol. The van der Waals surface area contributed by atoms with Gasteiger partial charge >= 0.3 is 0 Å². The Hall–Kier alpha value is -0.930. The van der Waals surface area contributed by atoms with Crippen molar-refractivity contribution < 1.29 is 9.13 Å². The molecule has 0 aliphatic carbocycles. The van der Waals surface area contributed by atoms with Gasteiger partial charge in [0.1, 0.15) is 5.82 Å². The summed E-state index contributed by atoms with van der Waals surface area (Å²) in [6.07, 6.45) is 2.77. The Morgan fingerprint density at radius 3 is 2.72 bits per heavy atom. The molecule has 0 amide bonds. The zero-order valence-electron chi connectivity index (χ0n) is 11.4. The maximum Gasteiger partial charge on any atom is 0.126 e. The second-order valence-electron chi connectivity index (χ2n) is 4.39. The molecule has 0 spiro atoms. The smallest absolute Gasteiger partial charge is 0.126 e. The molecule has 0 aromatic heterocycles. The van der Waals surface area contributed by atoms with E-state index in [-0.39, 0.29) is 5.82 Å². The van der Waals surface area contributed by atoms with Gasteiger partial charge < -0.3 is 10.1 Å². The van der Waals surface area contributed by atoms with E-state index in [1.165, 1.54) is 6.07 Å². The molecule has 3 heteroatoms. The van der Waals surface area contributed by atoms with Crippen molar-refractivity contribution in [3.05, 3.63) is 35.6 Å². The molecule has 1 unspecified atom stereocenters. The molecule has 102 valence electrons. The van der Waals surface area contributed by atoms with Crippen LogP contribution in [0.1, 0.15) is 32.3 Å². The Bertz CT molecular complexity index is 330. The minimum atomic E-state index is -0.106. The lowest BCUT2D eigenvalue weighted by atomic mass is 10.0. The largest absolute Gasteiger partial charge is 0.382 e. The summed E-state index contributed by atoms with van der Waals surface area (Å²) in [6, 6.07) is 7.34. The predicted molar refractivity (Wildman–Crippen MR) is 73.3 cm³/mol. The van der Waals surface area contributed by atoms with E-state index in [1.807, 2.05) is 19.1 Å². The van der Waals surface area contributed by atoms with E-state index < -0.39 is 0 Å². The average Bonchev–Trinajstić information content (AvgIpc) is 2.37. The fraction of sp³-hybridized carbons (Fsp3) is 0.600. The summed E-state index contributed by atoms with van der Waals surface area (Å²) in [4.78, 5) is 0. The van der Waals surface area contributed by atoms with Crippen LogP contribution in [-0.4, -0.2) is 25.8 Å². The Kier molecular flexibility index (Phi) is 7.62. The first-order valence-corrected chi connectivity index (χ1v) is 6.82. The number of benzene rings is 1. The molecule has 1 aromatic rings. The third-order valence-corrected chi connectivity index (χ3v) is 2.96. The summed E-state index contributed by atoms with van der Waals surface area (Å²) < 4.78 is 18.9. The summed E-state index contributed by atoms with van der Waals surface area (Å²) in [5, 5.41) is 3.41. The standard InChI is InChI=1S/C15H24FNO/c1-3-17-14(9-7-11-18-4-2)12-13-8-5-6-10-15(13)16/h5-6,8,10,14,17H,3-4,7,9,11-12H2,1-2H3. The molecule has 1 N–H and O–H groups in total. The second kappa shape index (κ2) is 9.06. The minimum absolute atomic E-state index is 0.106. The number of rotatable bonds is 9. The van der Waals surface area contributed by atoms with Crippen molar-refractivity contribution in [1.82, 2.24) is 5.32 Å². The van der Waals surface area contributed by atoms with Crippen molar-refractivity contribution in [2.75, 3.05) is 19.8 Å². The molecule has 2 nitrogen and oxygen atoms in total. The highest BCUT2D eigenvalue weighted by Gasteiger charge is 2.10. The molecule has 0 fully saturated rings. The number of hydrogen-bond acceptors (Lipinski definition) is 2. The predicted octanol–water partition coefficient (Wildman–Crippen LogP) is 3.16. The summed E-state index contributed by atoms with van der Waals surface area (Å²) in [5.41, 5.74) is 0.792. The van der Waals surface area contributed by atoms with Crippen LogP contribution in [0.2, 0.25) is 0 Å². The van der Waals surface area contributed by atoms with E-state index in [9.17, 15) is 4.39 Å². The molecule has 0 saturated carbocycles. The third kappa shape index (κ3) is 5.61. The van der Waals surface area contributed by atoms with Crippen LogP contribution in [0.3, 0.4) is 0 Å². The van der Waals surface area contributed by atoms with E-state index in [4.69, 9.17) is 4.74 Å². The van der Waals surface area contributed by atoms with Crippen LogP contribution < -0.4 is 5.32 Å². The SMILES string of the molecule is CCNC(CCCOCC)Cc1ccccc1F. The Balaban J connectivity index is 2.44. The molecule has 0 saturated heterocycles. The van der Waals surface area contributed by atoms with Crippen LogP contribution in [0.5, 0.6) is 0 Å². The lowest BCUT2D eigenvalue weighted by Gasteiger charge is -2.18. The van der Waals surface area contributed by atoms with Crippen LogP contribution in [-0.2, 0) is 11.2 Å². The van der Waals surface area contributed by atoms with Gasteiger partial charge in [0.15, 0.2) is 0 Å². The van der Waals surface area contributed by atoms with Gasteiger partial charge in [-0.3, -0.25) is 0 Å². The van der Waals surface area contributed by atoms with Crippen LogP contribution in [0.4, 0.5) is 4.39 Å². The summed E-state index contributed by atoms with van der Waals surface area (Å²) in [6.45, 7) is 6.54. The average molecular weight is 253 g/mol. The fourth-order valence-electron chi connectivity index (χ4n) is 2.07. The van der Waals surface area contributed by atoms with E-state index in [1.54, 1.807) is 6.07 Å². The Morgan fingerprint density at radius 1 is 1.28 bits per heavy atom. The van der Waals surface area contributed by atoms with Crippen LogP contribution in [0.15, 0.2) is 24.3 Å². The molecule has 0 heterocycles. The zero-order chi connectivity index (χ0) is 13.2. The molecule has 0 aliphatic rings. The first kappa shape index (κ1) is 15.1. The molecule has 1 atom stereocenters. The second-order valence-corrected chi connectivity index (χ2v) is 4.39. The number of halogens is 1. The van der Waals surface area contributed by atoms with E-state index in [2.05, 4.69) is 12.2 Å². The van der Waals surface area contributed by atoms with Crippen molar-refractivity contribution in [2.24, 2.45) is 0 Å². The Labute approximate surface area is 110 Å². The van der Waals surface area contributed by atoms with Crippen molar-refractivity contribution in [3.8, 4) is 0 Å². The van der Waals surface area contributed by atoms with Crippen LogP contribution in [0.25, 0.3) is 0 Å². The topological polar surface area (TPSA) is 21.3 Å². The molecule has 18 heavy (non-hydrogen) atoms. The third-order valence-electron chi connectivity index (χ3n) is 2.96. The van der Waals surface area contributed by atoms with E-state index in [0.29, 0.717) is 6.04 Å². The van der Waals surface area contributed by atoms with Gasteiger partial charge in [-0.15, -0.1) is 0 Å². The quantitative estimate of drug-likeness (QED) is 0.683. The summed E-state index contributed by atoms with van der Waals surface area (Å²) >= 11 is 0. The minimum Gasteiger partial charge on any atom is -0.382 e. The van der Waals surface area contributed by atoms with Crippen molar-refractivity contribution in [1.29, 1.82) is 0 Å². The fourth-order valence-corrected chi connectivity index (χ4v) is 2.07. The molecule has 0 radical (unpaired) electrons. The van der Waals surface area contributed by atoms with Gasteiger partial charge in [0.05, 0.1) is 0 Å². The van der Waals surface area contributed by atoms with Gasteiger partial charge in [0, 0.05) is 19.3 Å². The number of nitrogens with one attached hydrogen (secondary N) is 1. The maximum absolute atomic E-state index is 13.6. The molecule has 0 aliphatic heterocycles. The molecule has 1 aromatic carbocycles. The lowest BCUT2D eigenvalue weighted by Crippen LogP contribution is -2.31. The molecule has 1 rings (SSSR count). The summed E-state index contributed by atoms with van der Waals surface area (Å²) in [7, 11) is 0. The highest BCUT2D eigenvalue weighted by Crippen LogP contribution is 2.12. The monoisotopic (exact) mass is 253 g/mol. The van der Waals surface area contributed by atoms with Gasteiger partial charge in [0.2, 0.25) is 0 Å². The van der Waals surface area contributed by atoms with Crippen LogP contribution in [0, 0.1) is 5.82 Å².